The summed E-state index contributed by atoms with van der Waals surface area (Å²) in [6, 6.07) is 14.3. The fourth-order valence-corrected chi connectivity index (χ4v) is 3.33. The zero-order valence-electron chi connectivity index (χ0n) is 14.8. The van der Waals surface area contributed by atoms with Crippen LogP contribution in [0.25, 0.3) is 27.8 Å². The van der Waals surface area contributed by atoms with Gasteiger partial charge in [-0.15, -0.1) is 0 Å². The van der Waals surface area contributed by atoms with Gasteiger partial charge >= 0.3 is 6.09 Å². The molecule has 7 heteroatoms. The number of aryl methyl sites for hydroxylation is 2. The van der Waals surface area contributed by atoms with Crippen LogP contribution in [0.1, 0.15) is 11.5 Å². The van der Waals surface area contributed by atoms with E-state index in [2.05, 4.69) is 5.16 Å². The second-order valence-electron chi connectivity index (χ2n) is 6.17. The van der Waals surface area contributed by atoms with E-state index in [1.165, 1.54) is 0 Å². The van der Waals surface area contributed by atoms with Gasteiger partial charge in [-0.25, -0.2) is 4.79 Å². The molecule has 7 nitrogen and oxygen atoms in total. The van der Waals surface area contributed by atoms with E-state index in [0.717, 1.165) is 22.2 Å². The van der Waals surface area contributed by atoms with Crippen molar-refractivity contribution in [2.75, 3.05) is 0 Å². The minimum atomic E-state index is -0.906. The summed E-state index contributed by atoms with van der Waals surface area (Å²) in [5.74, 6) is 1.08. The van der Waals surface area contributed by atoms with Gasteiger partial charge in [-0.05, 0) is 50.2 Å². The predicted octanol–water partition coefficient (Wildman–Crippen LogP) is 4.07. The van der Waals surface area contributed by atoms with Gasteiger partial charge in [0.25, 0.3) is 0 Å². The summed E-state index contributed by atoms with van der Waals surface area (Å²) in [5, 5.41) is 14.4. The summed E-state index contributed by atoms with van der Waals surface area (Å²) >= 11 is 0. The van der Waals surface area contributed by atoms with Gasteiger partial charge in [-0.1, -0.05) is 17.3 Å². The van der Waals surface area contributed by atoms with Crippen molar-refractivity contribution in [3.8, 4) is 28.4 Å². The Labute approximate surface area is 154 Å². The molecule has 0 fully saturated rings. The molecule has 4 aromatic rings. The zero-order chi connectivity index (χ0) is 19.1. The monoisotopic (exact) mass is 363 g/mol. The molecule has 0 aliphatic rings. The molecule has 2 aromatic heterocycles. The number of aromatic nitrogens is 2. The number of ether oxygens (including phenoxy) is 1. The first-order valence-electron chi connectivity index (χ1n) is 8.30. The van der Waals surface area contributed by atoms with Gasteiger partial charge in [-0.3, -0.25) is 0 Å². The van der Waals surface area contributed by atoms with E-state index in [1.807, 2.05) is 35.8 Å². The maximum atomic E-state index is 11.6. The first kappa shape index (κ1) is 16.7. The number of carbonyl (C=O) groups excluding carboxylic acids is 1. The molecule has 0 aliphatic heterocycles. The fourth-order valence-electron chi connectivity index (χ4n) is 3.33. The number of hydrogen-bond donors (Lipinski definition) is 2. The quantitative estimate of drug-likeness (QED) is 0.571. The van der Waals surface area contributed by atoms with Crippen LogP contribution in [0.4, 0.5) is 4.79 Å². The molecule has 136 valence electrons. The molecule has 0 spiro atoms. The van der Waals surface area contributed by atoms with E-state index in [4.69, 9.17) is 15.0 Å². The van der Waals surface area contributed by atoms with Gasteiger partial charge in [0.2, 0.25) is 0 Å². The lowest BCUT2D eigenvalue weighted by molar-refractivity contribution is 0.211. The number of carbonyl (C=O) groups is 1. The lowest BCUT2D eigenvalue weighted by Gasteiger charge is -2.12. The molecule has 0 unspecified atom stereocenters. The zero-order valence-corrected chi connectivity index (χ0v) is 14.8. The standard InChI is InChI=1S/C20H17N3O4/c1-11-17(12(2)27-22-11)18-19(26-20(21)25)15-5-3-4-6-16(15)23(18)13-7-9-14(24)10-8-13/h3-10,24H,1-2H3,(H2,21,25). The van der Waals surface area contributed by atoms with E-state index in [0.29, 0.717) is 22.9 Å². The third-order valence-electron chi connectivity index (χ3n) is 4.41. The molecule has 0 saturated heterocycles. The van der Waals surface area contributed by atoms with Crippen LogP contribution in [0, 0.1) is 13.8 Å². The third-order valence-corrected chi connectivity index (χ3v) is 4.41. The van der Waals surface area contributed by atoms with Crippen LogP contribution < -0.4 is 10.5 Å². The second-order valence-corrected chi connectivity index (χ2v) is 6.17. The second kappa shape index (κ2) is 6.21. The van der Waals surface area contributed by atoms with Crippen LogP contribution in [0.5, 0.6) is 11.5 Å². The van der Waals surface area contributed by atoms with Crippen molar-refractivity contribution in [2.24, 2.45) is 5.73 Å². The van der Waals surface area contributed by atoms with Crippen LogP contribution in [0.15, 0.2) is 53.1 Å². The van der Waals surface area contributed by atoms with Crippen LogP contribution in [0.3, 0.4) is 0 Å². The van der Waals surface area contributed by atoms with E-state index >= 15 is 0 Å². The maximum absolute atomic E-state index is 11.6. The largest absolute Gasteiger partial charge is 0.508 e. The minimum absolute atomic E-state index is 0.155. The average molecular weight is 363 g/mol. The van der Waals surface area contributed by atoms with E-state index in [9.17, 15) is 9.90 Å². The fraction of sp³-hybridized carbons (Fsp3) is 0.100. The summed E-state index contributed by atoms with van der Waals surface area (Å²) in [4.78, 5) is 11.6. The van der Waals surface area contributed by atoms with Crippen molar-refractivity contribution in [3.63, 3.8) is 0 Å². The van der Waals surface area contributed by atoms with Crippen LogP contribution in [0.2, 0.25) is 0 Å². The van der Waals surface area contributed by atoms with Crippen molar-refractivity contribution >= 4 is 17.0 Å². The predicted molar refractivity (Wildman–Crippen MR) is 100 cm³/mol. The number of fused-ring (bicyclic) bond motifs is 1. The van der Waals surface area contributed by atoms with Crippen molar-refractivity contribution < 1.29 is 19.2 Å². The minimum Gasteiger partial charge on any atom is -0.508 e. The molecular formula is C20H17N3O4. The number of benzene rings is 2. The molecule has 3 N–H and O–H groups in total. The van der Waals surface area contributed by atoms with E-state index < -0.39 is 6.09 Å². The maximum Gasteiger partial charge on any atom is 0.410 e. The number of primary amides is 1. The third kappa shape index (κ3) is 2.69. The van der Waals surface area contributed by atoms with Gasteiger partial charge in [-0.2, -0.15) is 0 Å². The number of aromatic hydroxyl groups is 1. The van der Waals surface area contributed by atoms with Crippen LogP contribution in [-0.4, -0.2) is 20.9 Å². The van der Waals surface area contributed by atoms with Crippen LogP contribution >= 0.6 is 0 Å². The Bertz CT molecular complexity index is 1140. The number of nitrogens with two attached hydrogens (primary N) is 1. The van der Waals surface area contributed by atoms with Gasteiger partial charge in [0.1, 0.15) is 17.2 Å². The molecule has 0 saturated carbocycles. The SMILES string of the molecule is Cc1noc(C)c1-c1c(OC(N)=O)c2ccccc2n1-c1ccc(O)cc1. The lowest BCUT2D eigenvalue weighted by Crippen LogP contribution is -2.16. The number of nitrogens with zero attached hydrogens (tertiary/aromatic N) is 2. The number of phenols is 1. The molecule has 2 heterocycles. The highest BCUT2D eigenvalue weighted by Crippen LogP contribution is 2.44. The van der Waals surface area contributed by atoms with Crippen molar-refractivity contribution in [2.45, 2.75) is 13.8 Å². The summed E-state index contributed by atoms with van der Waals surface area (Å²) in [6.45, 7) is 3.61. The highest BCUT2D eigenvalue weighted by molar-refractivity contribution is 5.99. The smallest absolute Gasteiger partial charge is 0.410 e. The van der Waals surface area contributed by atoms with Crippen LogP contribution in [-0.2, 0) is 0 Å². The normalized spacial score (nSPS) is 11.0. The molecule has 2 aromatic carbocycles. The Morgan fingerprint density at radius 2 is 1.85 bits per heavy atom. The highest BCUT2D eigenvalue weighted by atomic mass is 16.5. The highest BCUT2D eigenvalue weighted by Gasteiger charge is 2.27. The summed E-state index contributed by atoms with van der Waals surface area (Å²) in [5.41, 5.74) is 8.91. The molecule has 0 atom stereocenters. The molecular weight excluding hydrogens is 346 g/mol. The number of para-hydroxylation sites is 1. The van der Waals surface area contributed by atoms with Gasteiger partial charge < -0.3 is 24.7 Å². The first-order chi connectivity index (χ1) is 13.0. The van der Waals surface area contributed by atoms with Gasteiger partial charge in [0.05, 0.1) is 16.8 Å². The Morgan fingerprint density at radius 1 is 1.15 bits per heavy atom. The lowest BCUT2D eigenvalue weighted by atomic mass is 10.1. The first-order valence-corrected chi connectivity index (χ1v) is 8.30. The number of phenolic OH excluding ortho intramolecular Hbond substituents is 1. The average Bonchev–Trinajstić information content (AvgIpc) is 3.13. The molecule has 27 heavy (non-hydrogen) atoms. The molecule has 1 amide bonds. The Balaban J connectivity index is 2.16. The van der Waals surface area contributed by atoms with Gasteiger partial charge in [0, 0.05) is 11.1 Å². The van der Waals surface area contributed by atoms with Crippen molar-refractivity contribution in [1.29, 1.82) is 0 Å². The Kier molecular flexibility index (Phi) is 3.84. The molecule has 4 rings (SSSR count). The number of hydrogen-bond acceptors (Lipinski definition) is 5. The molecule has 0 radical (unpaired) electrons. The Hall–Kier alpha value is -3.74. The van der Waals surface area contributed by atoms with E-state index in [1.54, 1.807) is 31.2 Å². The van der Waals surface area contributed by atoms with Crippen molar-refractivity contribution in [1.82, 2.24) is 9.72 Å². The van der Waals surface area contributed by atoms with Crippen molar-refractivity contribution in [3.05, 3.63) is 60.0 Å². The number of amides is 1. The summed E-state index contributed by atoms with van der Waals surface area (Å²) < 4.78 is 12.7. The Morgan fingerprint density at radius 3 is 2.48 bits per heavy atom. The molecule has 0 aliphatic carbocycles. The summed E-state index contributed by atoms with van der Waals surface area (Å²) in [7, 11) is 0. The summed E-state index contributed by atoms with van der Waals surface area (Å²) in [6.07, 6.45) is -0.906. The number of rotatable bonds is 3. The van der Waals surface area contributed by atoms with E-state index in [-0.39, 0.29) is 5.75 Å². The topological polar surface area (TPSA) is 104 Å². The molecule has 0 bridgehead atoms. The van der Waals surface area contributed by atoms with Gasteiger partial charge in [0.15, 0.2) is 5.75 Å².